The maximum absolute atomic E-state index is 11.7. The molecule has 0 aromatic rings. The Balaban J connectivity index is -0.000000667. The molecule has 13 heteroatoms. The largest absolute Gasteiger partial charge is 0.379 e. The number of unbranched alkanes of at least 4 members (excludes halogenated alkanes) is 2. The minimum atomic E-state index is -0.333. The second kappa shape index (κ2) is 41.9. The maximum Gasteiger partial charge on any atom is 0.220 e. The number of hydrogen-bond donors (Lipinski definition) is 5. The van der Waals surface area contributed by atoms with E-state index in [-0.39, 0.29) is 29.9 Å². The van der Waals surface area contributed by atoms with E-state index in [0.717, 1.165) is 38.6 Å². The number of nitrogens with two attached hydrogens (primary N) is 2. The zero-order valence-electron chi connectivity index (χ0n) is 26.2. The van der Waals surface area contributed by atoms with Gasteiger partial charge in [-0.3, -0.25) is 19.2 Å². The minimum absolute atomic E-state index is 0.0206. The Hall–Kier alpha value is -2.61. The van der Waals surface area contributed by atoms with Gasteiger partial charge in [-0.15, -0.1) is 0 Å². The Morgan fingerprint density at radius 3 is 1.41 bits per heavy atom. The van der Waals surface area contributed by atoms with E-state index < -0.39 is 0 Å². The van der Waals surface area contributed by atoms with Gasteiger partial charge in [-0.2, -0.15) is 0 Å². The van der Waals surface area contributed by atoms with Gasteiger partial charge >= 0.3 is 0 Å². The van der Waals surface area contributed by atoms with Crippen LogP contribution < -0.4 is 27.4 Å². The third-order valence-corrected chi connectivity index (χ3v) is 4.58. The van der Waals surface area contributed by atoms with Gasteiger partial charge in [0, 0.05) is 52.5 Å². The van der Waals surface area contributed by atoms with Gasteiger partial charge in [-0.25, -0.2) is 0 Å². The second-order valence-corrected chi connectivity index (χ2v) is 8.46. The molecule has 0 saturated heterocycles. The van der Waals surface area contributed by atoms with Crippen LogP contribution in [-0.4, -0.2) is 96.2 Å². The van der Waals surface area contributed by atoms with Gasteiger partial charge in [0.2, 0.25) is 24.1 Å². The van der Waals surface area contributed by atoms with Crippen molar-refractivity contribution in [2.24, 2.45) is 11.5 Å². The molecule has 0 aliphatic rings. The predicted octanol–water partition coefficient (Wildman–Crippen LogP) is 1.21. The summed E-state index contributed by atoms with van der Waals surface area (Å²) in [6.07, 6.45) is 6.95. The molecule has 0 aliphatic heterocycles. The van der Waals surface area contributed by atoms with Crippen LogP contribution in [0.5, 0.6) is 0 Å². The normalized spacial score (nSPS) is 9.49. The van der Waals surface area contributed by atoms with Crippen LogP contribution in [0.25, 0.3) is 0 Å². The van der Waals surface area contributed by atoms with E-state index in [1.54, 1.807) is 0 Å². The average molecular weight is 594 g/mol. The fourth-order valence-electron chi connectivity index (χ4n) is 2.78. The summed E-state index contributed by atoms with van der Waals surface area (Å²) < 4.78 is 16.4. The van der Waals surface area contributed by atoms with E-state index in [4.69, 9.17) is 19.0 Å². The van der Waals surface area contributed by atoms with E-state index >= 15 is 0 Å². The molecule has 7 N–H and O–H groups in total. The number of hydrogen-bond acceptors (Lipinski definition) is 9. The molecule has 244 valence electrons. The number of carbonyl (C=O) groups is 5. The molecule has 0 spiro atoms. The zero-order valence-corrected chi connectivity index (χ0v) is 26.2. The highest BCUT2D eigenvalue weighted by molar-refractivity contribution is 5.78. The molecule has 0 radical (unpaired) electrons. The van der Waals surface area contributed by atoms with Crippen LogP contribution in [0, 0.1) is 0 Å². The molecule has 0 aliphatic carbocycles. The molecular weight excluding hydrogens is 534 g/mol. The highest BCUT2D eigenvalue weighted by Crippen LogP contribution is 1.99. The molecule has 13 nitrogen and oxygen atoms in total. The van der Waals surface area contributed by atoms with Crippen LogP contribution in [0.15, 0.2) is 0 Å². The summed E-state index contributed by atoms with van der Waals surface area (Å²) in [6, 6.07) is 0. The summed E-state index contributed by atoms with van der Waals surface area (Å²) in [4.78, 5) is 51.8. The minimum Gasteiger partial charge on any atom is -0.379 e. The number of Topliss-reactive ketones (excluding diaryl/α,β-unsaturated/α-hetero) is 1. The Kier molecular flexibility index (Phi) is 46.3. The molecular formula is C28H59N5O8. The maximum atomic E-state index is 11.7. The molecule has 0 rings (SSSR count). The summed E-state index contributed by atoms with van der Waals surface area (Å²) in [5.74, 6) is -0.125. The van der Waals surface area contributed by atoms with Crippen LogP contribution in [0.4, 0.5) is 0 Å². The number of nitrogens with one attached hydrogen (secondary N) is 3. The van der Waals surface area contributed by atoms with Crippen LogP contribution in [0.3, 0.4) is 0 Å². The molecule has 0 fully saturated rings. The third-order valence-electron chi connectivity index (χ3n) is 4.58. The van der Waals surface area contributed by atoms with Crippen molar-refractivity contribution in [2.45, 2.75) is 85.5 Å². The van der Waals surface area contributed by atoms with Crippen molar-refractivity contribution in [1.29, 1.82) is 0 Å². The highest BCUT2D eigenvalue weighted by Gasteiger charge is 2.02. The lowest BCUT2D eigenvalue weighted by Crippen LogP contribution is -2.25. The number of rotatable bonds is 24. The van der Waals surface area contributed by atoms with Crippen LogP contribution in [0.1, 0.15) is 85.5 Å². The highest BCUT2D eigenvalue weighted by atomic mass is 16.5. The molecule has 0 heterocycles. The van der Waals surface area contributed by atoms with E-state index in [1.165, 1.54) is 13.8 Å². The van der Waals surface area contributed by atoms with E-state index in [2.05, 4.69) is 27.4 Å². The summed E-state index contributed by atoms with van der Waals surface area (Å²) in [6.45, 7) is 12.3. The van der Waals surface area contributed by atoms with Gasteiger partial charge in [-0.05, 0) is 52.6 Å². The van der Waals surface area contributed by atoms with Crippen molar-refractivity contribution in [3.05, 3.63) is 0 Å². The van der Waals surface area contributed by atoms with Crippen molar-refractivity contribution in [1.82, 2.24) is 16.0 Å². The van der Waals surface area contributed by atoms with Gasteiger partial charge in [0.1, 0.15) is 5.78 Å². The standard InChI is InChI=1S/C23H45N3O6.C2H5NO.C2H6.CH3NO/c1-21(27)9-6-11-23(29)26-14-8-16-31-18-20-32-19-17-30-15-7-13-25-22(28)10-4-3-5-12-24-2;1-2(3)4;1-2;2-1-3/h24H,3-20H2,1-2H3,(H,25,28)(H,26,29);1H3,(H2,3,4);1-2H3;1H,(H2,2,3). The first-order valence-electron chi connectivity index (χ1n) is 14.5. The summed E-state index contributed by atoms with van der Waals surface area (Å²) in [7, 11) is 1.94. The molecule has 0 bridgehead atoms. The van der Waals surface area contributed by atoms with Crippen molar-refractivity contribution in [3.63, 3.8) is 0 Å². The Morgan fingerprint density at radius 2 is 1.02 bits per heavy atom. The first-order chi connectivity index (χ1) is 19.7. The topological polar surface area (TPSA) is 201 Å². The Labute approximate surface area is 247 Å². The van der Waals surface area contributed by atoms with Crippen molar-refractivity contribution >= 4 is 29.9 Å². The molecule has 0 unspecified atom stereocenters. The van der Waals surface area contributed by atoms with Crippen LogP contribution in [0.2, 0.25) is 0 Å². The van der Waals surface area contributed by atoms with Crippen molar-refractivity contribution in [3.8, 4) is 0 Å². The molecule has 4 amide bonds. The van der Waals surface area contributed by atoms with Crippen molar-refractivity contribution < 1.29 is 38.2 Å². The molecule has 41 heavy (non-hydrogen) atoms. The Bertz CT molecular complexity index is 606. The van der Waals surface area contributed by atoms with Gasteiger partial charge in [0.25, 0.3) is 0 Å². The van der Waals surface area contributed by atoms with Gasteiger partial charge in [0.15, 0.2) is 0 Å². The lowest BCUT2D eigenvalue weighted by molar-refractivity contribution is -0.122. The van der Waals surface area contributed by atoms with Gasteiger partial charge in [0.05, 0.1) is 26.4 Å². The molecule has 0 saturated carbocycles. The number of amides is 4. The number of primary amides is 2. The molecule has 0 aromatic carbocycles. The van der Waals surface area contributed by atoms with Gasteiger partial charge in [-0.1, -0.05) is 20.3 Å². The van der Waals surface area contributed by atoms with E-state index in [0.29, 0.717) is 78.4 Å². The number of carbonyl (C=O) groups excluding carboxylic acids is 5. The molecule has 0 aromatic heterocycles. The first-order valence-corrected chi connectivity index (χ1v) is 14.5. The van der Waals surface area contributed by atoms with E-state index in [1.807, 2.05) is 20.9 Å². The Morgan fingerprint density at radius 1 is 0.634 bits per heavy atom. The van der Waals surface area contributed by atoms with Crippen LogP contribution >= 0.6 is 0 Å². The average Bonchev–Trinajstić information content (AvgIpc) is 2.92. The lowest BCUT2D eigenvalue weighted by Gasteiger charge is -2.08. The molecule has 0 atom stereocenters. The van der Waals surface area contributed by atoms with Crippen LogP contribution in [-0.2, 0) is 38.2 Å². The number of ketones is 1. The smallest absolute Gasteiger partial charge is 0.220 e. The monoisotopic (exact) mass is 593 g/mol. The predicted molar refractivity (Wildman–Crippen MR) is 161 cm³/mol. The summed E-state index contributed by atoms with van der Waals surface area (Å²) in [5, 5.41) is 8.83. The quantitative estimate of drug-likeness (QED) is 0.0805. The van der Waals surface area contributed by atoms with Crippen molar-refractivity contribution in [2.75, 3.05) is 66.3 Å². The summed E-state index contributed by atoms with van der Waals surface area (Å²) >= 11 is 0. The third kappa shape index (κ3) is 58.1. The lowest BCUT2D eigenvalue weighted by atomic mass is 10.2. The van der Waals surface area contributed by atoms with Gasteiger partial charge < -0.3 is 46.4 Å². The zero-order chi connectivity index (χ0) is 32.0. The van der Waals surface area contributed by atoms with E-state index in [9.17, 15) is 19.2 Å². The second-order valence-electron chi connectivity index (χ2n) is 8.46. The SMILES string of the molecule is CC.CC(N)=O.CNCCCCCC(=O)NCCCOCCOCCOCCCNC(=O)CCCC(C)=O.NC=O. The first kappa shape index (κ1) is 45.4. The summed E-state index contributed by atoms with van der Waals surface area (Å²) in [5.41, 5.74) is 8.64. The fraction of sp³-hybridized carbons (Fsp3) is 0.821. The number of ether oxygens (including phenoxy) is 3. The fourth-order valence-corrected chi connectivity index (χ4v) is 2.78.